The molecule has 1 aliphatic heterocycles. The molecule has 4 unspecified atom stereocenters. The highest BCUT2D eigenvalue weighted by Gasteiger charge is 2.58. The summed E-state index contributed by atoms with van der Waals surface area (Å²) >= 11 is 6.23. The van der Waals surface area contributed by atoms with Crippen molar-refractivity contribution in [1.29, 1.82) is 0 Å². The van der Waals surface area contributed by atoms with Crippen molar-refractivity contribution in [2.75, 3.05) is 5.32 Å². The maximum atomic E-state index is 14.0. The molecule has 7 heteroatoms. The normalized spacial score (nSPS) is 25.8. The molecule has 1 saturated carbocycles. The van der Waals surface area contributed by atoms with Crippen LogP contribution in [0.25, 0.3) is 0 Å². The minimum Gasteiger partial charge on any atom is -0.480 e. The molecule has 0 radical (unpaired) electrons. The lowest BCUT2D eigenvalue weighted by molar-refractivity contribution is -0.154. The van der Waals surface area contributed by atoms with E-state index in [-0.39, 0.29) is 23.8 Å². The van der Waals surface area contributed by atoms with Crippen LogP contribution in [0.5, 0.6) is 0 Å². The van der Waals surface area contributed by atoms with Crippen molar-refractivity contribution < 1.29 is 14.7 Å². The molecule has 182 valence electrons. The largest absolute Gasteiger partial charge is 0.480 e. The van der Waals surface area contributed by atoms with Crippen LogP contribution in [0.3, 0.4) is 0 Å². The average Bonchev–Trinajstić information content (AvgIpc) is 3.15. The number of carbonyl (C=O) groups excluding carboxylic acids is 1. The fourth-order valence-electron chi connectivity index (χ4n) is 5.87. The third-order valence-corrected chi connectivity index (χ3v) is 7.54. The Bertz CT molecular complexity index is 1020. The van der Waals surface area contributed by atoms with Gasteiger partial charge in [0.25, 0.3) is 0 Å². The van der Waals surface area contributed by atoms with Gasteiger partial charge in [0.1, 0.15) is 11.9 Å². The van der Waals surface area contributed by atoms with Crippen LogP contribution < -0.4 is 5.32 Å². The molecule has 1 saturated heterocycles. The minimum atomic E-state index is -0.964. The molecule has 2 fully saturated rings. The average molecular weight is 484 g/mol. The quantitative estimate of drug-likeness (QED) is 0.562. The first-order valence-electron chi connectivity index (χ1n) is 12.2. The Morgan fingerprint density at radius 2 is 1.76 bits per heavy atom. The first kappa shape index (κ1) is 24.5. The van der Waals surface area contributed by atoms with Crippen LogP contribution >= 0.6 is 11.6 Å². The summed E-state index contributed by atoms with van der Waals surface area (Å²) in [6.45, 7) is 6.14. The van der Waals surface area contributed by atoms with Crippen LogP contribution in [0.2, 0.25) is 5.02 Å². The molecule has 34 heavy (non-hydrogen) atoms. The molecule has 4 atom stereocenters. The van der Waals surface area contributed by atoms with E-state index in [1.54, 1.807) is 23.2 Å². The Morgan fingerprint density at radius 3 is 2.35 bits per heavy atom. The van der Waals surface area contributed by atoms with Gasteiger partial charge in [-0.05, 0) is 36.0 Å². The predicted molar refractivity (Wildman–Crippen MR) is 134 cm³/mol. The summed E-state index contributed by atoms with van der Waals surface area (Å²) in [6.07, 6.45) is 6.41. The van der Waals surface area contributed by atoms with Crippen LogP contribution in [0.15, 0.2) is 48.7 Å². The second-order valence-electron chi connectivity index (χ2n) is 10.6. The Hall–Kier alpha value is -2.60. The Labute approximate surface area is 206 Å². The first-order valence-corrected chi connectivity index (χ1v) is 12.5. The Balaban J connectivity index is 1.86. The van der Waals surface area contributed by atoms with Gasteiger partial charge in [-0.3, -0.25) is 4.79 Å². The lowest BCUT2D eigenvalue weighted by Crippen LogP contribution is -2.49. The number of anilines is 1. The van der Waals surface area contributed by atoms with Gasteiger partial charge >= 0.3 is 5.97 Å². The topological polar surface area (TPSA) is 82.5 Å². The molecule has 1 aliphatic carbocycles. The number of aromatic nitrogens is 1. The van der Waals surface area contributed by atoms with Crippen molar-refractivity contribution >= 4 is 29.3 Å². The number of likely N-dealkylation sites (tertiary alicyclic amines) is 1. The van der Waals surface area contributed by atoms with Gasteiger partial charge in [0, 0.05) is 23.1 Å². The van der Waals surface area contributed by atoms with Gasteiger partial charge in [0.05, 0.1) is 12.1 Å². The van der Waals surface area contributed by atoms with E-state index in [0.717, 1.165) is 37.7 Å². The molecule has 1 aromatic heterocycles. The molecule has 2 aromatic rings. The highest BCUT2D eigenvalue weighted by molar-refractivity contribution is 6.30. The summed E-state index contributed by atoms with van der Waals surface area (Å²) in [5, 5.41) is 14.6. The minimum absolute atomic E-state index is 0.0430. The molecule has 2 N–H and O–H groups in total. The first-order chi connectivity index (χ1) is 16.2. The Morgan fingerprint density at radius 1 is 1.09 bits per heavy atom. The number of nitrogens with one attached hydrogen (secondary N) is 1. The molecule has 1 aromatic carbocycles. The van der Waals surface area contributed by atoms with Gasteiger partial charge in [-0.25, -0.2) is 9.78 Å². The lowest BCUT2D eigenvalue weighted by Gasteiger charge is -2.36. The second-order valence-corrected chi connectivity index (χ2v) is 11.1. The van der Waals surface area contributed by atoms with Crippen LogP contribution in [0.4, 0.5) is 5.82 Å². The second kappa shape index (κ2) is 9.95. The van der Waals surface area contributed by atoms with Gasteiger partial charge in [0.2, 0.25) is 5.91 Å². The van der Waals surface area contributed by atoms with Crippen molar-refractivity contribution in [2.45, 2.75) is 71.0 Å². The molecular formula is C27H34ClN3O3. The van der Waals surface area contributed by atoms with E-state index in [2.05, 4.69) is 10.3 Å². The van der Waals surface area contributed by atoms with Crippen molar-refractivity contribution in [3.8, 4) is 0 Å². The maximum Gasteiger partial charge on any atom is 0.326 e. The number of nitrogens with zero attached hydrogens (tertiary/aromatic N) is 2. The van der Waals surface area contributed by atoms with Crippen molar-refractivity contribution in [3.63, 3.8) is 0 Å². The van der Waals surface area contributed by atoms with E-state index in [0.29, 0.717) is 10.8 Å². The summed E-state index contributed by atoms with van der Waals surface area (Å²) in [5.41, 5.74) is 0.526. The van der Waals surface area contributed by atoms with E-state index in [9.17, 15) is 14.7 Å². The molecule has 2 heterocycles. The van der Waals surface area contributed by atoms with E-state index < -0.39 is 23.5 Å². The van der Waals surface area contributed by atoms with E-state index in [1.807, 2.05) is 51.1 Å². The summed E-state index contributed by atoms with van der Waals surface area (Å²) in [4.78, 5) is 33.0. The summed E-state index contributed by atoms with van der Waals surface area (Å²) in [5.74, 6) is -0.926. The summed E-state index contributed by atoms with van der Waals surface area (Å²) in [6, 6.07) is 11.5. The molecule has 1 amide bonds. The van der Waals surface area contributed by atoms with Gasteiger partial charge in [-0.2, -0.15) is 0 Å². The van der Waals surface area contributed by atoms with E-state index in [4.69, 9.17) is 11.6 Å². The Kier molecular flexibility index (Phi) is 7.17. The number of carboxylic acids is 1. The number of amides is 1. The molecule has 0 spiro atoms. The molecule has 6 nitrogen and oxygen atoms in total. The molecule has 4 rings (SSSR count). The van der Waals surface area contributed by atoms with Crippen molar-refractivity contribution in [1.82, 2.24) is 9.88 Å². The van der Waals surface area contributed by atoms with Crippen LogP contribution in [0.1, 0.15) is 64.5 Å². The SMILES string of the molecule is CC(C)(C)C1C(Nc2cc(Cl)ccn2)C(c2ccccc2)N(C(=O)C2CCCCC2)C1C(=O)O. The maximum absolute atomic E-state index is 14.0. The lowest BCUT2D eigenvalue weighted by atomic mass is 9.72. The van der Waals surface area contributed by atoms with Gasteiger partial charge in [0.15, 0.2) is 0 Å². The summed E-state index contributed by atoms with van der Waals surface area (Å²) < 4.78 is 0. The van der Waals surface area contributed by atoms with Crippen molar-refractivity contribution in [3.05, 3.63) is 59.2 Å². The zero-order chi connectivity index (χ0) is 24.5. The van der Waals surface area contributed by atoms with Crippen molar-refractivity contribution in [2.24, 2.45) is 17.3 Å². The van der Waals surface area contributed by atoms with Crippen LogP contribution in [0, 0.1) is 17.3 Å². The number of halogens is 1. The predicted octanol–water partition coefficient (Wildman–Crippen LogP) is 5.79. The number of hydrogen-bond donors (Lipinski definition) is 2. The number of aliphatic carboxylic acids is 1. The third-order valence-electron chi connectivity index (χ3n) is 7.31. The number of carboxylic acid groups (broad SMARTS) is 1. The van der Waals surface area contributed by atoms with Crippen LogP contribution in [-0.4, -0.2) is 39.0 Å². The summed E-state index contributed by atoms with van der Waals surface area (Å²) in [7, 11) is 0. The number of pyridine rings is 1. The molecular weight excluding hydrogens is 450 g/mol. The van der Waals surface area contributed by atoms with E-state index >= 15 is 0 Å². The van der Waals surface area contributed by atoms with Gasteiger partial charge in [-0.15, -0.1) is 0 Å². The number of carbonyl (C=O) groups is 2. The fourth-order valence-corrected chi connectivity index (χ4v) is 6.03. The standard InChI is InChI=1S/C27H34ClN3O3/c1-27(2,3)21-22(30-20-16-19(28)14-15-29-20)23(17-10-6-4-7-11-17)31(24(21)26(33)34)25(32)18-12-8-5-9-13-18/h4,6-7,10-11,14-16,18,21-24H,5,8-9,12-13H2,1-3H3,(H,29,30)(H,33,34). The highest BCUT2D eigenvalue weighted by atomic mass is 35.5. The number of hydrogen-bond acceptors (Lipinski definition) is 4. The van der Waals surface area contributed by atoms with Gasteiger partial charge < -0.3 is 15.3 Å². The van der Waals surface area contributed by atoms with E-state index in [1.165, 1.54) is 0 Å². The number of benzene rings is 1. The molecule has 0 bridgehead atoms. The highest BCUT2D eigenvalue weighted by Crippen LogP contribution is 2.50. The molecule has 2 aliphatic rings. The fraction of sp³-hybridized carbons (Fsp3) is 0.519. The zero-order valence-electron chi connectivity index (χ0n) is 20.1. The van der Waals surface area contributed by atoms with Crippen LogP contribution in [-0.2, 0) is 9.59 Å². The van der Waals surface area contributed by atoms with Gasteiger partial charge in [-0.1, -0.05) is 82.0 Å². The monoisotopic (exact) mass is 483 g/mol. The zero-order valence-corrected chi connectivity index (χ0v) is 20.8. The third kappa shape index (κ3) is 4.92. The number of rotatable bonds is 5. The smallest absolute Gasteiger partial charge is 0.326 e.